The van der Waals surface area contributed by atoms with Crippen LogP contribution in [0.1, 0.15) is 61.1 Å². The van der Waals surface area contributed by atoms with Gasteiger partial charge in [-0.2, -0.15) is 16.7 Å². The fraction of sp³-hybridized carbons (Fsp3) is 0.375. The Morgan fingerprint density at radius 3 is 2.70 bits per heavy atom. The summed E-state index contributed by atoms with van der Waals surface area (Å²) in [6, 6.07) is 7.39. The molecule has 1 fully saturated rings. The van der Waals surface area contributed by atoms with Gasteiger partial charge in [0.1, 0.15) is 13.0 Å². The van der Waals surface area contributed by atoms with E-state index in [0.717, 1.165) is 90.8 Å². The third-order valence-electron chi connectivity index (χ3n) is 8.51. The van der Waals surface area contributed by atoms with E-state index in [1.54, 1.807) is 0 Å². The molecule has 220 valence electrons. The van der Waals surface area contributed by atoms with Crippen molar-refractivity contribution in [3.63, 3.8) is 0 Å². The molecule has 1 atom stereocenters. The first-order valence-electron chi connectivity index (χ1n) is 14.5. The predicted octanol–water partition coefficient (Wildman–Crippen LogP) is 1.33. The minimum atomic E-state index is 0. The second kappa shape index (κ2) is 13.9. The Bertz CT molecular complexity index is 1480. The summed E-state index contributed by atoms with van der Waals surface area (Å²) in [5.41, 5.74) is 15.1. The van der Waals surface area contributed by atoms with E-state index in [-0.39, 0.29) is 35.6 Å². The van der Waals surface area contributed by atoms with Crippen LogP contribution in [-0.2, 0) is 6.42 Å². The Kier molecular flexibility index (Phi) is 10.5. The van der Waals surface area contributed by atoms with Crippen molar-refractivity contribution in [3.05, 3.63) is 88.8 Å². The first-order valence-corrected chi connectivity index (χ1v) is 14.5. The first kappa shape index (κ1) is 32.5. The van der Waals surface area contributed by atoms with Crippen LogP contribution in [0.2, 0.25) is 0 Å². The summed E-state index contributed by atoms with van der Waals surface area (Å²) in [4.78, 5) is 21.9. The van der Waals surface area contributed by atoms with Gasteiger partial charge in [0.25, 0.3) is 0 Å². The van der Waals surface area contributed by atoms with Gasteiger partial charge in [-0.3, -0.25) is 0 Å². The standard InChI is InChI=1S/C32H41N10.Na/c1-8-25-17-40(21(4)29-20(3)31(34-6)37-18-36-29)14-15-41(25)30-22(5)42(19-38-28(30)9-2)39-32(35-7)24-10-12-26-23(16-24)11-13-27(26)33;/h10,12,16,18,25,38H,4-9,11,13-15,17,19,33H2,1-3H3;/q-1;+1/b39-32-;. The molecular formula is C32H41N10Na. The number of hydrazone groups is 1. The topological polar surface area (TPSA) is 111 Å². The van der Waals surface area contributed by atoms with Crippen molar-refractivity contribution in [1.29, 1.82) is 0 Å². The molecule has 2 aromatic rings. The molecule has 1 aromatic heterocycles. The number of benzene rings is 1. The summed E-state index contributed by atoms with van der Waals surface area (Å²) in [5.74, 6) is 1.15. The van der Waals surface area contributed by atoms with Crippen molar-refractivity contribution in [3.8, 4) is 0 Å². The predicted molar refractivity (Wildman–Crippen MR) is 171 cm³/mol. The zero-order chi connectivity index (χ0) is 30.0. The summed E-state index contributed by atoms with van der Waals surface area (Å²) in [6.07, 6.45) is 5.17. The molecule has 3 heterocycles. The molecule has 1 unspecified atom stereocenters. The molecule has 43 heavy (non-hydrogen) atoms. The Hall–Kier alpha value is -3.44. The summed E-state index contributed by atoms with van der Waals surface area (Å²) in [5, 5.41) is 10.4. The third-order valence-corrected chi connectivity index (χ3v) is 8.51. The molecule has 3 aliphatic rings. The zero-order valence-corrected chi connectivity index (χ0v) is 28.0. The fourth-order valence-corrected chi connectivity index (χ4v) is 6.11. The van der Waals surface area contributed by atoms with E-state index in [9.17, 15) is 0 Å². The van der Waals surface area contributed by atoms with Gasteiger partial charge in [-0.1, -0.05) is 39.8 Å². The number of amidine groups is 1. The summed E-state index contributed by atoms with van der Waals surface area (Å²) in [7, 11) is 0. The van der Waals surface area contributed by atoms with Crippen molar-refractivity contribution < 1.29 is 29.6 Å². The monoisotopic (exact) mass is 588 g/mol. The molecule has 5 rings (SSSR count). The van der Waals surface area contributed by atoms with Gasteiger partial charge < -0.3 is 20.9 Å². The van der Waals surface area contributed by atoms with E-state index >= 15 is 0 Å². The number of hydrogen-bond donors (Lipinski definition) is 2. The number of nitrogens with two attached hydrogens (primary N) is 1. The van der Waals surface area contributed by atoms with Gasteiger partial charge in [0.15, 0.2) is 11.7 Å². The van der Waals surface area contributed by atoms with Gasteiger partial charge in [0, 0.05) is 36.9 Å². The van der Waals surface area contributed by atoms with Crippen LogP contribution in [0.4, 0.5) is 5.82 Å². The second-order valence-electron chi connectivity index (χ2n) is 10.8. The number of allylic oxidation sites excluding steroid dienone is 1. The summed E-state index contributed by atoms with van der Waals surface area (Å²) < 4.78 is 0. The van der Waals surface area contributed by atoms with Gasteiger partial charge in [0.2, 0.25) is 0 Å². The van der Waals surface area contributed by atoms with Gasteiger partial charge in [-0.15, -0.1) is 23.7 Å². The van der Waals surface area contributed by atoms with Crippen LogP contribution in [0.15, 0.2) is 69.9 Å². The van der Waals surface area contributed by atoms with Crippen LogP contribution in [-0.4, -0.2) is 76.4 Å². The molecule has 0 bridgehead atoms. The van der Waals surface area contributed by atoms with E-state index in [1.807, 2.05) is 18.0 Å². The van der Waals surface area contributed by atoms with Crippen LogP contribution in [0.5, 0.6) is 0 Å². The van der Waals surface area contributed by atoms with E-state index in [4.69, 9.17) is 10.8 Å². The molecule has 10 nitrogen and oxygen atoms in total. The smallest absolute Gasteiger partial charge is 0.368 e. The molecule has 11 heteroatoms. The van der Waals surface area contributed by atoms with Crippen LogP contribution in [0.3, 0.4) is 0 Å². The number of piperazine rings is 1. The van der Waals surface area contributed by atoms with Crippen molar-refractivity contribution in [2.24, 2.45) is 20.8 Å². The number of hydrogen-bond acceptors (Lipinski definition) is 9. The summed E-state index contributed by atoms with van der Waals surface area (Å²) in [6.45, 7) is 25.7. The average Bonchev–Trinajstić information content (AvgIpc) is 3.39. The van der Waals surface area contributed by atoms with E-state index < -0.39 is 0 Å². The van der Waals surface area contributed by atoms with Crippen LogP contribution < -0.4 is 40.6 Å². The fourth-order valence-electron chi connectivity index (χ4n) is 6.11. The van der Waals surface area contributed by atoms with Crippen molar-refractivity contribution in [2.45, 2.75) is 52.5 Å². The Labute approximate surface area is 277 Å². The Balaban J connectivity index is 0.00000423. The maximum Gasteiger partial charge on any atom is 1.00 e. The van der Waals surface area contributed by atoms with E-state index in [1.165, 1.54) is 17.6 Å². The van der Waals surface area contributed by atoms with Crippen LogP contribution in [0.25, 0.3) is 5.70 Å². The Morgan fingerprint density at radius 2 is 2.00 bits per heavy atom. The van der Waals surface area contributed by atoms with Crippen molar-refractivity contribution >= 4 is 30.8 Å². The molecule has 2 aliphatic heterocycles. The number of aliphatic imine (C=N–C) groups is 2. The van der Waals surface area contributed by atoms with Gasteiger partial charge in [-0.05, 0) is 38.8 Å². The quantitative estimate of drug-likeness (QED) is 0.207. The maximum absolute atomic E-state index is 6.17. The average molecular weight is 589 g/mol. The summed E-state index contributed by atoms with van der Waals surface area (Å²) >= 11 is 0. The number of nitrogens with zero attached hydrogens (tertiary/aromatic N) is 8. The molecule has 1 aliphatic carbocycles. The molecule has 0 saturated carbocycles. The number of nitrogens with one attached hydrogen (secondary N) is 1. The van der Waals surface area contributed by atoms with Gasteiger partial charge in [-0.25, -0.2) is 25.0 Å². The minimum Gasteiger partial charge on any atom is -0.368 e. The number of fused-ring (bicyclic) bond motifs is 1. The zero-order valence-electron chi connectivity index (χ0n) is 26.0. The van der Waals surface area contributed by atoms with E-state index in [0.29, 0.717) is 18.3 Å². The molecule has 3 N–H and O–H groups in total. The molecule has 0 radical (unpaired) electrons. The number of aromatic nitrogens is 2. The molecule has 1 saturated heterocycles. The minimum absolute atomic E-state index is 0. The third kappa shape index (κ3) is 6.28. The van der Waals surface area contributed by atoms with Gasteiger partial charge in [0.05, 0.1) is 22.8 Å². The molecular weight excluding hydrogens is 547 g/mol. The maximum atomic E-state index is 6.17. The Morgan fingerprint density at radius 1 is 1.21 bits per heavy atom. The first-order chi connectivity index (χ1) is 20.3. The number of aryl methyl sites for hydroxylation is 1. The van der Waals surface area contributed by atoms with Crippen LogP contribution in [0, 0.1) is 13.0 Å². The molecule has 0 amide bonds. The SMILES string of the molecule is C=N/C(=N\N1CNC(CC)=C(N2CCN(C(=C)c3ncnc(N=C)c3C)CC2CC)C1=C)c1ccc2c(c1)CC[C-]2N.[Na+]. The molecule has 1 aromatic carbocycles. The van der Waals surface area contributed by atoms with Crippen LogP contribution >= 0.6 is 0 Å². The van der Waals surface area contributed by atoms with Crippen molar-refractivity contribution in [2.75, 3.05) is 26.3 Å². The van der Waals surface area contributed by atoms with Crippen molar-refractivity contribution in [1.82, 2.24) is 30.1 Å². The largest absolute Gasteiger partial charge is 1.00 e. The van der Waals surface area contributed by atoms with Gasteiger partial charge >= 0.3 is 29.6 Å². The second-order valence-corrected chi connectivity index (χ2v) is 10.8. The number of rotatable bonds is 8. The van der Waals surface area contributed by atoms with E-state index in [2.05, 4.69) is 87.6 Å². The molecule has 0 spiro atoms. The normalized spacial score (nSPS) is 18.7.